The van der Waals surface area contributed by atoms with Crippen LogP contribution in [0, 0.1) is 0 Å². The Bertz CT molecular complexity index is 627. The standard InChI is InChI=1S/C16H20N4O2/c1-22-15-6-3-2-5-13(15)14-11-17-8-10-20(14)16(21)12-19-9-4-7-18-19/h2-7,9,14,17H,8,10-12H2,1H3. The van der Waals surface area contributed by atoms with E-state index in [4.69, 9.17) is 4.74 Å². The summed E-state index contributed by atoms with van der Waals surface area (Å²) >= 11 is 0. The van der Waals surface area contributed by atoms with Crippen LogP contribution >= 0.6 is 0 Å². The normalized spacial score (nSPS) is 18.2. The molecular weight excluding hydrogens is 280 g/mol. The number of ether oxygens (including phenoxy) is 1. The van der Waals surface area contributed by atoms with Crippen LogP contribution in [0.1, 0.15) is 11.6 Å². The number of carbonyl (C=O) groups excluding carboxylic acids is 1. The number of rotatable bonds is 4. The number of aromatic nitrogens is 2. The minimum atomic E-state index is -0.0204. The summed E-state index contributed by atoms with van der Waals surface area (Å²) in [6.07, 6.45) is 3.49. The molecule has 1 atom stereocenters. The van der Waals surface area contributed by atoms with Gasteiger partial charge in [0.2, 0.25) is 5.91 Å². The van der Waals surface area contributed by atoms with Gasteiger partial charge in [-0.25, -0.2) is 0 Å². The van der Waals surface area contributed by atoms with Crippen LogP contribution in [0.3, 0.4) is 0 Å². The molecule has 1 amide bonds. The molecule has 0 saturated carbocycles. The van der Waals surface area contributed by atoms with Crippen molar-refractivity contribution in [1.29, 1.82) is 0 Å². The zero-order valence-electron chi connectivity index (χ0n) is 12.6. The first-order valence-corrected chi connectivity index (χ1v) is 7.40. The van der Waals surface area contributed by atoms with Crippen LogP contribution in [0.15, 0.2) is 42.7 Å². The first kappa shape index (κ1) is 14.6. The molecular formula is C16H20N4O2. The molecule has 1 unspecified atom stereocenters. The molecule has 1 aliphatic heterocycles. The van der Waals surface area contributed by atoms with Crippen LogP contribution < -0.4 is 10.1 Å². The van der Waals surface area contributed by atoms with Gasteiger partial charge in [-0.15, -0.1) is 0 Å². The minimum Gasteiger partial charge on any atom is -0.496 e. The Morgan fingerprint density at radius 1 is 1.41 bits per heavy atom. The lowest BCUT2D eigenvalue weighted by atomic mass is 10.0. The lowest BCUT2D eigenvalue weighted by Crippen LogP contribution is -2.49. The van der Waals surface area contributed by atoms with Crippen LogP contribution in [0.5, 0.6) is 5.75 Å². The van der Waals surface area contributed by atoms with Gasteiger partial charge in [0, 0.05) is 37.6 Å². The van der Waals surface area contributed by atoms with Gasteiger partial charge in [-0.05, 0) is 12.1 Å². The molecule has 6 nitrogen and oxygen atoms in total. The Hall–Kier alpha value is -2.34. The summed E-state index contributed by atoms with van der Waals surface area (Å²) in [5.41, 5.74) is 1.03. The SMILES string of the molecule is COc1ccccc1C1CNCCN1C(=O)Cn1cccn1. The minimum absolute atomic E-state index is 0.0204. The predicted molar refractivity (Wildman–Crippen MR) is 82.5 cm³/mol. The van der Waals surface area contributed by atoms with E-state index in [-0.39, 0.29) is 18.5 Å². The molecule has 3 rings (SSSR count). The highest BCUT2D eigenvalue weighted by Gasteiger charge is 2.29. The molecule has 22 heavy (non-hydrogen) atoms. The summed E-state index contributed by atoms with van der Waals surface area (Å²) in [6.45, 7) is 2.48. The van der Waals surface area contributed by atoms with E-state index in [1.807, 2.05) is 35.2 Å². The maximum atomic E-state index is 12.6. The van der Waals surface area contributed by atoms with Crippen molar-refractivity contribution in [1.82, 2.24) is 20.0 Å². The van der Waals surface area contributed by atoms with Gasteiger partial charge in [0.05, 0.1) is 13.2 Å². The number of hydrogen-bond donors (Lipinski definition) is 1. The average molecular weight is 300 g/mol. The maximum Gasteiger partial charge on any atom is 0.244 e. The first-order chi connectivity index (χ1) is 10.8. The van der Waals surface area contributed by atoms with Crippen molar-refractivity contribution in [2.24, 2.45) is 0 Å². The molecule has 0 aliphatic carbocycles. The molecule has 2 aromatic rings. The summed E-state index contributed by atoms with van der Waals surface area (Å²) in [6, 6.07) is 9.66. The van der Waals surface area contributed by atoms with Crippen LogP contribution in [0.25, 0.3) is 0 Å². The second-order valence-electron chi connectivity index (χ2n) is 5.25. The molecule has 1 fully saturated rings. The monoisotopic (exact) mass is 300 g/mol. The van der Waals surface area contributed by atoms with Gasteiger partial charge < -0.3 is 15.0 Å². The molecule has 116 valence electrons. The molecule has 2 heterocycles. The smallest absolute Gasteiger partial charge is 0.244 e. The summed E-state index contributed by atoms with van der Waals surface area (Å²) in [7, 11) is 1.66. The van der Waals surface area contributed by atoms with Crippen molar-refractivity contribution in [2.45, 2.75) is 12.6 Å². The van der Waals surface area contributed by atoms with Crippen LogP contribution in [-0.2, 0) is 11.3 Å². The van der Waals surface area contributed by atoms with Crippen molar-refractivity contribution in [3.05, 3.63) is 48.3 Å². The Morgan fingerprint density at radius 3 is 3.05 bits per heavy atom. The Morgan fingerprint density at radius 2 is 2.27 bits per heavy atom. The lowest BCUT2D eigenvalue weighted by molar-refractivity contribution is -0.135. The van der Waals surface area contributed by atoms with Crippen LogP contribution in [-0.4, -0.2) is 47.3 Å². The third-order valence-electron chi connectivity index (χ3n) is 3.92. The lowest BCUT2D eigenvalue weighted by Gasteiger charge is -2.37. The molecule has 1 aromatic carbocycles. The number of benzene rings is 1. The van der Waals surface area contributed by atoms with Gasteiger partial charge in [0.1, 0.15) is 12.3 Å². The maximum absolute atomic E-state index is 12.6. The fourth-order valence-electron chi connectivity index (χ4n) is 2.85. The molecule has 1 saturated heterocycles. The van der Waals surface area contributed by atoms with E-state index in [1.54, 1.807) is 24.2 Å². The molecule has 0 bridgehead atoms. The van der Waals surface area contributed by atoms with Gasteiger partial charge in [-0.3, -0.25) is 9.48 Å². The highest BCUT2D eigenvalue weighted by molar-refractivity contribution is 5.76. The third kappa shape index (κ3) is 2.96. The van der Waals surface area contributed by atoms with Gasteiger partial charge >= 0.3 is 0 Å². The van der Waals surface area contributed by atoms with Crippen LogP contribution in [0.4, 0.5) is 0 Å². The number of para-hydroxylation sites is 1. The van der Waals surface area contributed by atoms with Crippen molar-refractivity contribution >= 4 is 5.91 Å². The predicted octanol–water partition coefficient (Wildman–Crippen LogP) is 1.06. The number of amides is 1. The third-order valence-corrected chi connectivity index (χ3v) is 3.92. The van der Waals surface area contributed by atoms with E-state index >= 15 is 0 Å². The molecule has 0 spiro atoms. The van der Waals surface area contributed by atoms with E-state index in [9.17, 15) is 4.79 Å². The van der Waals surface area contributed by atoms with Crippen LogP contribution in [0.2, 0.25) is 0 Å². The fourth-order valence-corrected chi connectivity index (χ4v) is 2.85. The van der Waals surface area contributed by atoms with Gasteiger partial charge in [-0.2, -0.15) is 5.10 Å². The fraction of sp³-hybridized carbons (Fsp3) is 0.375. The molecule has 1 aliphatic rings. The Kier molecular flexibility index (Phi) is 4.39. The molecule has 1 N–H and O–H groups in total. The number of carbonyl (C=O) groups is 1. The first-order valence-electron chi connectivity index (χ1n) is 7.40. The van der Waals surface area contributed by atoms with Gasteiger partial charge in [-0.1, -0.05) is 18.2 Å². The quantitative estimate of drug-likeness (QED) is 0.917. The topological polar surface area (TPSA) is 59.4 Å². The van der Waals surface area contributed by atoms with E-state index in [2.05, 4.69) is 10.4 Å². The second kappa shape index (κ2) is 6.62. The van der Waals surface area contributed by atoms with Crippen molar-refractivity contribution in [3.63, 3.8) is 0 Å². The number of hydrogen-bond acceptors (Lipinski definition) is 4. The highest BCUT2D eigenvalue weighted by Crippen LogP contribution is 2.30. The van der Waals surface area contributed by atoms with Crippen molar-refractivity contribution in [2.75, 3.05) is 26.7 Å². The zero-order chi connectivity index (χ0) is 15.4. The van der Waals surface area contributed by atoms with Crippen molar-refractivity contribution < 1.29 is 9.53 Å². The second-order valence-corrected chi connectivity index (χ2v) is 5.25. The number of nitrogens with one attached hydrogen (secondary N) is 1. The number of nitrogens with zero attached hydrogens (tertiary/aromatic N) is 3. The largest absolute Gasteiger partial charge is 0.496 e. The summed E-state index contributed by atoms with van der Waals surface area (Å²) in [5, 5.41) is 7.47. The molecule has 6 heteroatoms. The van der Waals surface area contributed by atoms with E-state index < -0.39 is 0 Å². The summed E-state index contributed by atoms with van der Waals surface area (Å²) in [4.78, 5) is 14.6. The van der Waals surface area contributed by atoms with Gasteiger partial charge in [0.15, 0.2) is 0 Å². The van der Waals surface area contributed by atoms with E-state index in [1.165, 1.54) is 0 Å². The Labute approximate surface area is 129 Å². The average Bonchev–Trinajstić information content (AvgIpc) is 3.07. The zero-order valence-corrected chi connectivity index (χ0v) is 12.6. The van der Waals surface area contributed by atoms with Gasteiger partial charge in [0.25, 0.3) is 0 Å². The number of methoxy groups -OCH3 is 1. The summed E-state index contributed by atoms with van der Waals surface area (Å²) in [5.74, 6) is 0.884. The number of piperazine rings is 1. The van der Waals surface area contributed by atoms with E-state index in [0.717, 1.165) is 24.4 Å². The highest BCUT2D eigenvalue weighted by atomic mass is 16.5. The van der Waals surface area contributed by atoms with E-state index in [0.29, 0.717) is 6.54 Å². The molecule has 1 aromatic heterocycles. The summed E-state index contributed by atoms with van der Waals surface area (Å²) < 4.78 is 7.11. The Balaban J connectivity index is 1.83. The molecule has 0 radical (unpaired) electrons. The van der Waals surface area contributed by atoms with Crippen molar-refractivity contribution in [3.8, 4) is 5.75 Å².